The molecule has 0 spiro atoms. The summed E-state index contributed by atoms with van der Waals surface area (Å²) in [6.45, 7) is 1.05. The molecule has 5 heteroatoms. The Morgan fingerprint density at radius 1 is 1.35 bits per heavy atom. The molecule has 0 heterocycles. The van der Waals surface area contributed by atoms with Crippen LogP contribution in [-0.4, -0.2) is 18.0 Å². The third-order valence-electron chi connectivity index (χ3n) is 2.11. The topological polar surface area (TPSA) is 49.4 Å². The second-order valence-corrected chi connectivity index (χ2v) is 3.99. The Balaban J connectivity index is 0.00000256. The van der Waals surface area contributed by atoms with Crippen molar-refractivity contribution >= 4 is 17.6 Å². The summed E-state index contributed by atoms with van der Waals surface area (Å²) >= 11 is 5.49. The van der Waals surface area contributed by atoms with Crippen molar-refractivity contribution in [2.45, 2.75) is 24.8 Å². The molecule has 17 heavy (non-hydrogen) atoms. The van der Waals surface area contributed by atoms with Gasteiger partial charge in [0, 0.05) is 6.61 Å². The maximum absolute atomic E-state index is 10.3. The summed E-state index contributed by atoms with van der Waals surface area (Å²) in [4.78, 5) is 10.3. The molecule has 1 atom stereocenters. The van der Waals surface area contributed by atoms with Crippen LogP contribution in [0.2, 0.25) is 0 Å². The van der Waals surface area contributed by atoms with E-state index in [1.165, 1.54) is 0 Å². The molecule has 0 aromatic heterocycles. The number of hydrogen-bond acceptors (Lipinski definition) is 3. The zero-order valence-electron chi connectivity index (χ0n) is 9.90. The Morgan fingerprint density at radius 2 is 2.00 bits per heavy atom. The Hall–Kier alpha value is 0.576. The van der Waals surface area contributed by atoms with Crippen LogP contribution in [0.4, 0.5) is 0 Å². The third-order valence-corrected chi connectivity index (χ3v) is 2.51. The van der Waals surface area contributed by atoms with Gasteiger partial charge >= 0.3 is 51.4 Å². The molecule has 0 saturated heterocycles. The van der Waals surface area contributed by atoms with Crippen LogP contribution in [0.5, 0.6) is 0 Å². The summed E-state index contributed by atoms with van der Waals surface area (Å²) in [5.74, 6) is -1.22. The van der Waals surface area contributed by atoms with E-state index in [1.54, 1.807) is 0 Å². The van der Waals surface area contributed by atoms with E-state index in [4.69, 9.17) is 16.3 Å². The maximum atomic E-state index is 10.3. The quantitative estimate of drug-likeness (QED) is 0.341. The van der Waals surface area contributed by atoms with Gasteiger partial charge in [-0.25, -0.2) is 0 Å². The number of carboxylic acid groups (broad SMARTS) is 1. The van der Waals surface area contributed by atoms with Crippen molar-refractivity contribution in [3.05, 3.63) is 35.9 Å². The zero-order valence-corrected chi connectivity index (χ0v) is 13.8. The number of rotatable bonds is 7. The maximum Gasteiger partial charge on any atom is 1.00 e. The van der Waals surface area contributed by atoms with Crippen LogP contribution in [-0.2, 0) is 16.1 Å². The number of carbonyl (C=O) groups is 1. The van der Waals surface area contributed by atoms with Gasteiger partial charge in [0.05, 0.1) is 18.0 Å². The molecule has 88 valence electrons. The van der Waals surface area contributed by atoms with Crippen LogP contribution in [0, 0.1) is 0 Å². The standard InChI is InChI=1S/C12H15ClO3.K/c13-11(12(14)15)7-4-8-16-9-10-5-2-1-3-6-10;/h1-3,5-6,11H,4,7-9H2,(H,14,15);/q;+1/p-1. The molecule has 0 aliphatic carbocycles. The van der Waals surface area contributed by atoms with Crippen molar-refractivity contribution in [1.29, 1.82) is 0 Å². The first-order valence-electron chi connectivity index (χ1n) is 5.16. The summed E-state index contributed by atoms with van der Waals surface area (Å²) in [5, 5.41) is 9.38. The number of benzene rings is 1. The van der Waals surface area contributed by atoms with E-state index >= 15 is 0 Å². The molecule has 1 aromatic rings. The minimum absolute atomic E-state index is 0. The van der Waals surface area contributed by atoms with Crippen LogP contribution >= 0.6 is 11.6 Å². The fourth-order valence-corrected chi connectivity index (χ4v) is 1.40. The predicted molar refractivity (Wildman–Crippen MR) is 60.0 cm³/mol. The second kappa shape index (κ2) is 10.5. The van der Waals surface area contributed by atoms with E-state index in [9.17, 15) is 9.90 Å². The molecule has 1 aromatic carbocycles. The smallest absolute Gasteiger partial charge is 0.549 e. The Morgan fingerprint density at radius 3 is 2.59 bits per heavy atom. The number of carboxylic acids is 1. The van der Waals surface area contributed by atoms with Gasteiger partial charge in [-0.2, -0.15) is 0 Å². The van der Waals surface area contributed by atoms with Gasteiger partial charge in [0.1, 0.15) is 0 Å². The van der Waals surface area contributed by atoms with Crippen LogP contribution in [0.15, 0.2) is 30.3 Å². The molecule has 1 rings (SSSR count). The minimum Gasteiger partial charge on any atom is -0.549 e. The number of carbonyl (C=O) groups excluding carboxylic acids is 1. The first kappa shape index (κ1) is 17.6. The normalized spacial score (nSPS) is 11.6. The van der Waals surface area contributed by atoms with E-state index in [0.29, 0.717) is 26.1 Å². The van der Waals surface area contributed by atoms with Crippen molar-refractivity contribution in [3.8, 4) is 0 Å². The van der Waals surface area contributed by atoms with Gasteiger partial charge in [-0.1, -0.05) is 30.3 Å². The van der Waals surface area contributed by atoms with Crippen molar-refractivity contribution in [1.82, 2.24) is 0 Å². The molecule has 0 saturated carbocycles. The number of alkyl halides is 1. The van der Waals surface area contributed by atoms with Crippen molar-refractivity contribution < 1.29 is 66.0 Å². The van der Waals surface area contributed by atoms with Gasteiger partial charge in [0.2, 0.25) is 0 Å². The number of hydrogen-bond donors (Lipinski definition) is 0. The Labute approximate surface area is 149 Å². The molecule has 0 aliphatic rings. The molecule has 0 fully saturated rings. The van der Waals surface area contributed by atoms with E-state index in [0.717, 1.165) is 5.56 Å². The first-order valence-corrected chi connectivity index (χ1v) is 5.60. The summed E-state index contributed by atoms with van der Waals surface area (Å²) in [7, 11) is 0. The Kier molecular flexibility index (Phi) is 10.9. The van der Waals surface area contributed by atoms with Crippen LogP contribution in [0.25, 0.3) is 0 Å². The molecular formula is C12H14ClKO3. The summed E-state index contributed by atoms with van der Waals surface area (Å²) in [6.07, 6.45) is 0.994. The summed E-state index contributed by atoms with van der Waals surface area (Å²) in [6, 6.07) is 9.80. The molecular weight excluding hydrogens is 267 g/mol. The van der Waals surface area contributed by atoms with Crippen LogP contribution < -0.4 is 56.5 Å². The van der Waals surface area contributed by atoms with E-state index in [1.807, 2.05) is 30.3 Å². The molecule has 0 bridgehead atoms. The second-order valence-electron chi connectivity index (χ2n) is 3.47. The molecule has 0 N–H and O–H groups in total. The van der Waals surface area contributed by atoms with Gasteiger partial charge < -0.3 is 14.6 Å². The number of ether oxygens (including phenoxy) is 1. The molecule has 0 radical (unpaired) electrons. The number of halogens is 1. The predicted octanol–water partition coefficient (Wildman–Crippen LogP) is -1.66. The zero-order chi connectivity index (χ0) is 11.8. The van der Waals surface area contributed by atoms with Crippen LogP contribution in [0.3, 0.4) is 0 Å². The fourth-order valence-electron chi connectivity index (χ4n) is 1.25. The largest absolute Gasteiger partial charge is 1.00 e. The van der Waals surface area contributed by atoms with E-state index in [2.05, 4.69) is 0 Å². The van der Waals surface area contributed by atoms with Crippen molar-refractivity contribution in [2.75, 3.05) is 6.61 Å². The van der Waals surface area contributed by atoms with Gasteiger partial charge in [-0.3, -0.25) is 0 Å². The minimum atomic E-state index is -1.22. The summed E-state index contributed by atoms with van der Waals surface area (Å²) < 4.78 is 5.38. The van der Waals surface area contributed by atoms with E-state index in [-0.39, 0.29) is 51.4 Å². The van der Waals surface area contributed by atoms with Crippen molar-refractivity contribution in [3.63, 3.8) is 0 Å². The van der Waals surface area contributed by atoms with Crippen LogP contribution in [0.1, 0.15) is 18.4 Å². The molecule has 1 unspecified atom stereocenters. The SMILES string of the molecule is O=C([O-])C(Cl)CCCOCc1ccccc1.[K+]. The van der Waals surface area contributed by atoms with Crippen molar-refractivity contribution in [2.24, 2.45) is 0 Å². The van der Waals surface area contributed by atoms with Gasteiger partial charge in [0.25, 0.3) is 0 Å². The average molecular weight is 281 g/mol. The number of aliphatic carboxylic acids is 1. The third kappa shape index (κ3) is 8.32. The summed E-state index contributed by atoms with van der Waals surface area (Å²) in [5.41, 5.74) is 1.10. The Bertz CT molecular complexity index is 319. The molecule has 3 nitrogen and oxygen atoms in total. The molecule has 0 aliphatic heterocycles. The fraction of sp³-hybridized carbons (Fsp3) is 0.417. The molecule has 0 amide bonds. The van der Waals surface area contributed by atoms with Gasteiger partial charge in [-0.15, -0.1) is 11.6 Å². The van der Waals surface area contributed by atoms with E-state index < -0.39 is 11.3 Å². The average Bonchev–Trinajstić information content (AvgIpc) is 2.29. The van der Waals surface area contributed by atoms with Gasteiger partial charge in [-0.05, 0) is 18.4 Å². The van der Waals surface area contributed by atoms with Gasteiger partial charge in [0.15, 0.2) is 0 Å². The first-order chi connectivity index (χ1) is 7.70. The monoisotopic (exact) mass is 280 g/mol.